The van der Waals surface area contributed by atoms with Gasteiger partial charge in [0.25, 0.3) is 5.69 Å². The van der Waals surface area contributed by atoms with Crippen molar-refractivity contribution >= 4 is 21.4 Å². The van der Waals surface area contributed by atoms with E-state index < -0.39 is 20.6 Å². The molecule has 3 aromatic rings. The molecule has 1 heterocycles. The predicted molar refractivity (Wildman–Crippen MR) is 173 cm³/mol. The van der Waals surface area contributed by atoms with E-state index in [4.69, 9.17) is 23.7 Å². The van der Waals surface area contributed by atoms with Crippen LogP contribution in [0.15, 0.2) is 65.6 Å². The molecule has 5 rings (SSSR count). The fourth-order valence-electron chi connectivity index (χ4n) is 5.57. The van der Waals surface area contributed by atoms with Crippen molar-refractivity contribution in [1.29, 1.82) is 0 Å². The van der Waals surface area contributed by atoms with Gasteiger partial charge in [-0.1, -0.05) is 24.3 Å². The van der Waals surface area contributed by atoms with Crippen molar-refractivity contribution in [1.82, 2.24) is 4.31 Å². The molecule has 1 saturated heterocycles. The Hall–Kier alpha value is -3.95. The highest BCUT2D eigenvalue weighted by molar-refractivity contribution is 7.89. The number of aliphatic hydroxyl groups is 1. The molecule has 2 fully saturated rings. The van der Waals surface area contributed by atoms with Crippen LogP contribution < -0.4 is 19.5 Å². The lowest BCUT2D eigenvalue weighted by molar-refractivity contribution is -0.384. The Balaban J connectivity index is 1.52. The van der Waals surface area contributed by atoms with Crippen LogP contribution in [0.2, 0.25) is 0 Å². The number of aliphatic hydroxyl groups excluding tert-OH is 1. The van der Waals surface area contributed by atoms with Crippen molar-refractivity contribution < 1.29 is 42.1 Å². The van der Waals surface area contributed by atoms with Gasteiger partial charge in [0, 0.05) is 38.4 Å². The van der Waals surface area contributed by atoms with Crippen LogP contribution in [0, 0.1) is 22.0 Å². The minimum absolute atomic E-state index is 0.0123. The van der Waals surface area contributed by atoms with Gasteiger partial charge >= 0.3 is 0 Å². The quantitative estimate of drug-likeness (QED) is 0.166. The van der Waals surface area contributed by atoms with Crippen LogP contribution in [0.1, 0.15) is 24.0 Å². The zero-order chi connectivity index (χ0) is 33.4. The smallest absolute Gasteiger partial charge is 0.297 e. The summed E-state index contributed by atoms with van der Waals surface area (Å²) in [6, 6.07) is 16.5. The molecule has 2 N–H and O–H groups in total. The molecule has 0 spiro atoms. The number of rotatable bonds is 16. The molecule has 3 atom stereocenters. The van der Waals surface area contributed by atoms with E-state index in [1.54, 1.807) is 62.8 Å². The Bertz CT molecular complexity index is 1540. The predicted octanol–water partition coefficient (Wildman–Crippen LogP) is 4.23. The van der Waals surface area contributed by atoms with Crippen molar-refractivity contribution in [3.05, 3.63) is 81.9 Å². The third-order valence-electron chi connectivity index (χ3n) is 8.58. The van der Waals surface area contributed by atoms with Crippen molar-refractivity contribution in [3.8, 4) is 17.2 Å². The molecule has 0 unspecified atom stereocenters. The lowest BCUT2D eigenvalue weighted by Gasteiger charge is -2.35. The van der Waals surface area contributed by atoms with E-state index in [1.165, 1.54) is 10.4 Å². The van der Waals surface area contributed by atoms with Crippen LogP contribution in [0.5, 0.6) is 17.2 Å². The van der Waals surface area contributed by atoms with Gasteiger partial charge in [-0.2, -0.15) is 4.31 Å². The number of ether oxygens (including phenoxy) is 5. The molecule has 1 saturated carbocycles. The maximum Gasteiger partial charge on any atom is 0.297 e. The van der Waals surface area contributed by atoms with Gasteiger partial charge in [0.2, 0.25) is 10.0 Å². The molecule has 47 heavy (non-hydrogen) atoms. The Morgan fingerprint density at radius 3 is 2.06 bits per heavy atom. The highest BCUT2D eigenvalue weighted by atomic mass is 32.2. The lowest BCUT2D eigenvalue weighted by atomic mass is 9.75. The second-order valence-electron chi connectivity index (χ2n) is 11.6. The number of anilines is 1. The maximum atomic E-state index is 14.4. The van der Waals surface area contributed by atoms with E-state index in [1.807, 2.05) is 0 Å². The van der Waals surface area contributed by atoms with Gasteiger partial charge < -0.3 is 34.1 Å². The molecule has 2 aliphatic rings. The molecule has 1 aliphatic carbocycles. The molecule has 3 aromatic carbocycles. The number of sulfonamides is 1. The molecule has 0 bridgehead atoms. The van der Waals surface area contributed by atoms with Gasteiger partial charge in [-0.05, 0) is 60.1 Å². The van der Waals surface area contributed by atoms with Crippen LogP contribution in [0.4, 0.5) is 11.4 Å². The Morgan fingerprint density at radius 1 is 0.957 bits per heavy atom. The Morgan fingerprint density at radius 2 is 1.57 bits per heavy atom. The van der Waals surface area contributed by atoms with E-state index in [0.717, 1.165) is 18.9 Å². The largest absolute Gasteiger partial charge is 0.497 e. The van der Waals surface area contributed by atoms with Gasteiger partial charge in [-0.15, -0.1) is 0 Å². The standard InChI is InChI=1S/C33H41N3O10S/c1-42-27-9-3-23(4-10-27)18-35(19-24-5-11-28(43-2)12-6-24)47(40,41)30-15-31(36(38)39)33(34-17-29-22-44-13-14-45-29)32(16-30)46-21-26-8-7-25(26)20-37/h3-6,9-12,15-16,25-26,29,34,37H,7-8,13-14,17-22H2,1-2H3/t25-,26-,29+/m1/s1. The third-order valence-corrected chi connectivity index (χ3v) is 10.3. The first-order valence-corrected chi connectivity index (χ1v) is 16.9. The second kappa shape index (κ2) is 15.8. The molecule has 14 heteroatoms. The minimum Gasteiger partial charge on any atom is -0.497 e. The zero-order valence-corrected chi connectivity index (χ0v) is 27.3. The summed E-state index contributed by atoms with van der Waals surface area (Å²) in [5.41, 5.74) is 1.00. The number of benzene rings is 3. The molecular formula is C33H41N3O10S. The fraction of sp³-hybridized carbons (Fsp3) is 0.455. The summed E-state index contributed by atoms with van der Waals surface area (Å²) >= 11 is 0. The summed E-state index contributed by atoms with van der Waals surface area (Å²) in [7, 11) is -1.24. The van der Waals surface area contributed by atoms with Gasteiger partial charge in [0.05, 0.1) is 56.6 Å². The molecule has 0 amide bonds. The Kier molecular flexibility index (Phi) is 11.5. The first-order valence-electron chi connectivity index (χ1n) is 15.5. The average Bonchev–Trinajstić information content (AvgIpc) is 3.07. The van der Waals surface area contributed by atoms with Crippen molar-refractivity contribution in [2.45, 2.75) is 36.9 Å². The van der Waals surface area contributed by atoms with Gasteiger partial charge in [0.1, 0.15) is 11.5 Å². The third kappa shape index (κ3) is 8.51. The molecule has 0 aromatic heterocycles. The van der Waals surface area contributed by atoms with Crippen LogP contribution in [-0.2, 0) is 32.6 Å². The number of hydrogen-bond donors (Lipinski definition) is 2. The van der Waals surface area contributed by atoms with Gasteiger partial charge in [-0.25, -0.2) is 8.42 Å². The molecule has 254 valence electrons. The van der Waals surface area contributed by atoms with E-state index in [-0.39, 0.29) is 67.1 Å². The van der Waals surface area contributed by atoms with Crippen molar-refractivity contribution in [2.75, 3.05) is 59.1 Å². The average molecular weight is 672 g/mol. The second-order valence-corrected chi connectivity index (χ2v) is 13.5. The molecule has 0 radical (unpaired) electrons. The van der Waals surface area contributed by atoms with Crippen LogP contribution in [0.3, 0.4) is 0 Å². The number of hydrogen-bond acceptors (Lipinski definition) is 11. The summed E-state index contributed by atoms with van der Waals surface area (Å²) in [4.78, 5) is 11.6. The number of nitro benzene ring substituents is 1. The van der Waals surface area contributed by atoms with E-state index in [2.05, 4.69) is 5.32 Å². The topological polar surface area (TPSA) is 159 Å². The van der Waals surface area contributed by atoms with Crippen LogP contribution >= 0.6 is 0 Å². The summed E-state index contributed by atoms with van der Waals surface area (Å²) in [5, 5.41) is 25.2. The van der Waals surface area contributed by atoms with Gasteiger partial charge in [-0.3, -0.25) is 10.1 Å². The maximum absolute atomic E-state index is 14.4. The summed E-state index contributed by atoms with van der Waals surface area (Å²) in [6.07, 6.45) is 1.34. The SMILES string of the molecule is COc1ccc(CN(Cc2ccc(OC)cc2)S(=O)(=O)c2cc(OC[C@H]3CC[C@@H]3CO)c(NC[C@H]3COCCO3)c([N+](=O)[O-])c2)cc1. The molecule has 13 nitrogen and oxygen atoms in total. The summed E-state index contributed by atoms with van der Waals surface area (Å²) in [6.45, 7) is 1.53. The van der Waals surface area contributed by atoms with Crippen molar-refractivity contribution in [3.63, 3.8) is 0 Å². The minimum atomic E-state index is -4.33. The highest BCUT2D eigenvalue weighted by Crippen LogP contribution is 2.41. The number of methoxy groups -OCH3 is 2. The number of nitrogens with one attached hydrogen (secondary N) is 1. The van der Waals surface area contributed by atoms with E-state index in [0.29, 0.717) is 42.4 Å². The molecule has 1 aliphatic heterocycles. The number of nitro groups is 1. The monoisotopic (exact) mass is 671 g/mol. The lowest BCUT2D eigenvalue weighted by Crippen LogP contribution is -2.35. The highest BCUT2D eigenvalue weighted by Gasteiger charge is 2.34. The summed E-state index contributed by atoms with van der Waals surface area (Å²) < 4.78 is 58.0. The van der Waals surface area contributed by atoms with E-state index >= 15 is 0 Å². The van der Waals surface area contributed by atoms with Crippen LogP contribution in [0.25, 0.3) is 0 Å². The first kappa shape index (κ1) is 34.4. The first-order chi connectivity index (χ1) is 22.7. The fourth-order valence-corrected chi connectivity index (χ4v) is 7.02. The summed E-state index contributed by atoms with van der Waals surface area (Å²) in [5.74, 6) is 1.39. The van der Waals surface area contributed by atoms with Crippen molar-refractivity contribution in [2.24, 2.45) is 11.8 Å². The number of nitrogens with zero attached hydrogens (tertiary/aromatic N) is 2. The Labute approximate surface area is 274 Å². The normalized spacial score (nSPS) is 19.5. The van der Waals surface area contributed by atoms with E-state index in [9.17, 15) is 23.6 Å². The zero-order valence-electron chi connectivity index (χ0n) is 26.5. The molecular weight excluding hydrogens is 630 g/mol. The van der Waals surface area contributed by atoms with Gasteiger partial charge in [0.15, 0.2) is 11.4 Å². The van der Waals surface area contributed by atoms with Crippen LogP contribution in [-0.4, -0.2) is 82.7 Å².